The van der Waals surface area contributed by atoms with Crippen LogP contribution in [0, 0.1) is 5.82 Å². The predicted octanol–water partition coefficient (Wildman–Crippen LogP) is 3.81. The molecule has 0 saturated carbocycles. The molecule has 31 heavy (non-hydrogen) atoms. The standard InChI is InChI=1S/C23H22ClFN2O4/c1-15(28)17-3-4-20(19(25)14-17)26-6-8-27(9-7-26)22(29)5-2-16-12-18(24)23-21(13-16)30-10-11-31-23/h2-5,12-14H,6-11H2,1H3/b5-2+. The predicted molar refractivity (Wildman–Crippen MR) is 117 cm³/mol. The minimum atomic E-state index is -0.428. The maximum Gasteiger partial charge on any atom is 0.246 e. The lowest BCUT2D eigenvalue weighted by Crippen LogP contribution is -2.48. The van der Waals surface area contributed by atoms with Crippen LogP contribution in [0.2, 0.25) is 5.02 Å². The number of carbonyl (C=O) groups is 2. The number of piperazine rings is 1. The number of carbonyl (C=O) groups excluding carboxylic acids is 2. The highest BCUT2D eigenvalue weighted by Gasteiger charge is 2.22. The lowest BCUT2D eigenvalue weighted by atomic mass is 10.1. The van der Waals surface area contributed by atoms with E-state index in [0.717, 1.165) is 5.56 Å². The van der Waals surface area contributed by atoms with Crippen LogP contribution in [0.5, 0.6) is 11.5 Å². The first-order chi connectivity index (χ1) is 14.9. The molecule has 2 heterocycles. The van der Waals surface area contributed by atoms with E-state index in [9.17, 15) is 14.0 Å². The largest absolute Gasteiger partial charge is 0.486 e. The Morgan fingerprint density at radius 1 is 1.06 bits per heavy atom. The Hall–Kier alpha value is -3.06. The average Bonchev–Trinajstić information content (AvgIpc) is 2.77. The van der Waals surface area contributed by atoms with Gasteiger partial charge in [0.05, 0.1) is 10.7 Å². The van der Waals surface area contributed by atoms with Gasteiger partial charge in [-0.05, 0) is 48.9 Å². The highest BCUT2D eigenvalue weighted by atomic mass is 35.5. The maximum absolute atomic E-state index is 14.4. The van der Waals surface area contributed by atoms with Gasteiger partial charge in [0.2, 0.25) is 5.91 Å². The van der Waals surface area contributed by atoms with Gasteiger partial charge in [-0.1, -0.05) is 11.6 Å². The third-order valence-electron chi connectivity index (χ3n) is 5.32. The monoisotopic (exact) mass is 444 g/mol. The summed E-state index contributed by atoms with van der Waals surface area (Å²) in [6.07, 6.45) is 3.19. The third kappa shape index (κ3) is 4.66. The van der Waals surface area contributed by atoms with E-state index in [1.54, 1.807) is 35.2 Å². The number of amides is 1. The lowest BCUT2D eigenvalue weighted by Gasteiger charge is -2.35. The maximum atomic E-state index is 14.4. The molecule has 4 rings (SSSR count). The molecular formula is C23H22ClFN2O4. The van der Waals surface area contributed by atoms with Gasteiger partial charge in [0.1, 0.15) is 19.0 Å². The first-order valence-corrected chi connectivity index (χ1v) is 10.4. The minimum absolute atomic E-state index is 0.127. The van der Waals surface area contributed by atoms with Crippen LogP contribution in [0.15, 0.2) is 36.4 Å². The molecule has 0 atom stereocenters. The molecule has 2 aromatic rings. The fourth-order valence-electron chi connectivity index (χ4n) is 3.65. The van der Waals surface area contributed by atoms with Gasteiger partial charge in [-0.2, -0.15) is 0 Å². The van der Waals surface area contributed by atoms with Crippen molar-refractivity contribution in [2.75, 3.05) is 44.3 Å². The Bertz CT molecular complexity index is 1050. The summed E-state index contributed by atoms with van der Waals surface area (Å²) in [6, 6.07) is 8.02. The molecule has 2 aliphatic rings. The Morgan fingerprint density at radius 3 is 2.52 bits per heavy atom. The summed E-state index contributed by atoms with van der Waals surface area (Å²) in [5, 5.41) is 0.440. The van der Waals surface area contributed by atoms with Crippen LogP contribution in [0.3, 0.4) is 0 Å². The van der Waals surface area contributed by atoms with Gasteiger partial charge < -0.3 is 19.3 Å². The number of hydrogen-bond acceptors (Lipinski definition) is 5. The third-order valence-corrected chi connectivity index (χ3v) is 5.60. The summed E-state index contributed by atoms with van der Waals surface area (Å²) in [5.41, 5.74) is 1.53. The molecule has 0 aliphatic carbocycles. The Kier molecular flexibility index (Phi) is 6.13. The number of anilines is 1. The molecule has 1 fully saturated rings. The van der Waals surface area contributed by atoms with E-state index in [0.29, 0.717) is 67.2 Å². The zero-order valence-corrected chi connectivity index (χ0v) is 17.8. The van der Waals surface area contributed by atoms with Crippen molar-refractivity contribution < 1.29 is 23.5 Å². The number of halogens is 2. The number of hydrogen-bond donors (Lipinski definition) is 0. The number of rotatable bonds is 4. The van der Waals surface area contributed by atoms with E-state index in [1.165, 1.54) is 19.1 Å². The molecule has 162 valence electrons. The van der Waals surface area contributed by atoms with Crippen LogP contribution in [0.4, 0.5) is 10.1 Å². The van der Waals surface area contributed by atoms with Crippen molar-refractivity contribution in [1.29, 1.82) is 0 Å². The molecule has 8 heteroatoms. The quantitative estimate of drug-likeness (QED) is 0.530. The molecule has 0 aromatic heterocycles. The summed E-state index contributed by atoms with van der Waals surface area (Å²) in [6.45, 7) is 4.27. The second-order valence-corrected chi connectivity index (χ2v) is 7.80. The number of benzene rings is 2. The molecule has 0 bridgehead atoms. The van der Waals surface area contributed by atoms with Crippen LogP contribution in [0.25, 0.3) is 6.08 Å². The minimum Gasteiger partial charge on any atom is -0.486 e. The normalized spacial score (nSPS) is 16.0. The van der Waals surface area contributed by atoms with Crippen LogP contribution < -0.4 is 14.4 Å². The summed E-state index contributed by atoms with van der Waals surface area (Å²) < 4.78 is 25.5. The second-order valence-electron chi connectivity index (χ2n) is 7.39. The van der Waals surface area contributed by atoms with Crippen LogP contribution in [-0.2, 0) is 4.79 Å². The van der Waals surface area contributed by atoms with Gasteiger partial charge in [0, 0.05) is 37.8 Å². The zero-order valence-electron chi connectivity index (χ0n) is 17.1. The van der Waals surface area contributed by atoms with E-state index in [1.807, 2.05) is 4.90 Å². The van der Waals surface area contributed by atoms with Crippen molar-refractivity contribution in [3.8, 4) is 11.5 Å². The van der Waals surface area contributed by atoms with E-state index >= 15 is 0 Å². The molecule has 2 aliphatic heterocycles. The highest BCUT2D eigenvalue weighted by molar-refractivity contribution is 6.32. The average molecular weight is 445 g/mol. The van der Waals surface area contributed by atoms with Gasteiger partial charge in [0.25, 0.3) is 0 Å². The van der Waals surface area contributed by atoms with Crippen molar-refractivity contribution in [3.63, 3.8) is 0 Å². The molecule has 1 saturated heterocycles. The van der Waals surface area contributed by atoms with Gasteiger partial charge in [0.15, 0.2) is 17.3 Å². The Labute approximate surface area is 184 Å². The Balaban J connectivity index is 1.37. The molecule has 1 amide bonds. The first-order valence-electron chi connectivity index (χ1n) is 10.0. The molecule has 0 radical (unpaired) electrons. The summed E-state index contributed by atoms with van der Waals surface area (Å²) in [4.78, 5) is 27.6. The van der Waals surface area contributed by atoms with Crippen molar-refractivity contribution in [3.05, 3.63) is 58.4 Å². The van der Waals surface area contributed by atoms with Gasteiger partial charge in [-0.15, -0.1) is 0 Å². The fourth-order valence-corrected chi connectivity index (χ4v) is 3.92. The molecule has 6 nitrogen and oxygen atoms in total. The van der Waals surface area contributed by atoms with E-state index in [4.69, 9.17) is 21.1 Å². The van der Waals surface area contributed by atoms with Gasteiger partial charge in [-0.25, -0.2) is 4.39 Å². The summed E-state index contributed by atoms with van der Waals surface area (Å²) in [5.74, 6) is 0.362. The highest BCUT2D eigenvalue weighted by Crippen LogP contribution is 2.38. The molecular weight excluding hydrogens is 423 g/mol. The van der Waals surface area contributed by atoms with Crippen molar-refractivity contribution in [2.24, 2.45) is 0 Å². The zero-order chi connectivity index (χ0) is 22.0. The number of ketones is 1. The van der Waals surface area contributed by atoms with Crippen LogP contribution in [-0.4, -0.2) is 56.0 Å². The number of nitrogens with zero attached hydrogens (tertiary/aromatic N) is 2. The SMILES string of the molecule is CC(=O)c1ccc(N2CCN(C(=O)/C=C/c3cc(Cl)c4c(c3)OCCO4)CC2)c(F)c1. The van der Waals surface area contributed by atoms with Crippen LogP contribution >= 0.6 is 11.6 Å². The van der Waals surface area contributed by atoms with Gasteiger partial charge in [-0.3, -0.25) is 9.59 Å². The Morgan fingerprint density at radius 2 is 1.81 bits per heavy atom. The number of fused-ring (bicyclic) bond motifs is 1. The van der Waals surface area contributed by atoms with Crippen molar-refractivity contribution >= 4 is 35.1 Å². The van der Waals surface area contributed by atoms with E-state index in [2.05, 4.69) is 0 Å². The molecule has 0 spiro atoms. The second kappa shape index (κ2) is 8.98. The number of ether oxygens (including phenoxy) is 2. The number of Topliss-reactive ketones (excluding diaryl/α,β-unsaturated/α-hetero) is 1. The molecule has 2 aromatic carbocycles. The van der Waals surface area contributed by atoms with E-state index < -0.39 is 5.82 Å². The van der Waals surface area contributed by atoms with E-state index in [-0.39, 0.29) is 11.7 Å². The van der Waals surface area contributed by atoms with Crippen molar-refractivity contribution in [2.45, 2.75) is 6.92 Å². The smallest absolute Gasteiger partial charge is 0.246 e. The van der Waals surface area contributed by atoms with Crippen molar-refractivity contribution in [1.82, 2.24) is 4.90 Å². The van der Waals surface area contributed by atoms with Crippen LogP contribution in [0.1, 0.15) is 22.8 Å². The molecule has 0 N–H and O–H groups in total. The fraction of sp³-hybridized carbons (Fsp3) is 0.304. The summed E-state index contributed by atoms with van der Waals surface area (Å²) in [7, 11) is 0. The summed E-state index contributed by atoms with van der Waals surface area (Å²) >= 11 is 6.24. The molecule has 0 unspecified atom stereocenters. The van der Waals surface area contributed by atoms with Gasteiger partial charge >= 0.3 is 0 Å². The topological polar surface area (TPSA) is 59.1 Å². The lowest BCUT2D eigenvalue weighted by molar-refractivity contribution is -0.126. The first kappa shape index (κ1) is 21.2.